The number of amides is 1. The molecule has 1 amide bonds. The second kappa shape index (κ2) is 7.62. The highest BCUT2D eigenvalue weighted by molar-refractivity contribution is 7.89. The van der Waals surface area contributed by atoms with Crippen molar-refractivity contribution in [3.63, 3.8) is 0 Å². The first kappa shape index (κ1) is 21.4. The minimum Gasteiger partial charge on any atom is -0.506 e. The van der Waals surface area contributed by atoms with Crippen molar-refractivity contribution in [1.29, 1.82) is 0 Å². The number of phenols is 1. The van der Waals surface area contributed by atoms with Crippen LogP contribution in [0.4, 0.5) is 18.9 Å². The van der Waals surface area contributed by atoms with Crippen LogP contribution in [0.3, 0.4) is 0 Å². The highest BCUT2D eigenvalue weighted by Crippen LogP contribution is 2.34. The summed E-state index contributed by atoms with van der Waals surface area (Å²) in [7, 11) is -3.93. The Labute approximate surface area is 153 Å². The predicted octanol–water partition coefficient (Wildman–Crippen LogP) is 1.06. The first-order chi connectivity index (χ1) is 12.3. The summed E-state index contributed by atoms with van der Waals surface area (Å²) in [5, 5.41) is 21.1. The minimum atomic E-state index is -5.03. The summed E-state index contributed by atoms with van der Waals surface area (Å²) in [6, 6.07) is 3.06. The van der Waals surface area contributed by atoms with Crippen molar-refractivity contribution < 1.29 is 41.3 Å². The van der Waals surface area contributed by atoms with Crippen LogP contribution in [-0.2, 0) is 19.6 Å². The van der Waals surface area contributed by atoms with Gasteiger partial charge in [0.05, 0.1) is 30.2 Å². The number of ether oxygens (including phenoxy) is 1. The summed E-state index contributed by atoms with van der Waals surface area (Å²) in [5.41, 5.74) is -3.66. The number of anilines is 1. The van der Waals surface area contributed by atoms with Gasteiger partial charge >= 0.3 is 6.18 Å². The summed E-state index contributed by atoms with van der Waals surface area (Å²) in [6.45, 7) is 1.12. The van der Waals surface area contributed by atoms with Crippen LogP contribution in [0, 0.1) is 0 Å². The van der Waals surface area contributed by atoms with Crippen LogP contribution >= 0.6 is 0 Å². The van der Waals surface area contributed by atoms with Gasteiger partial charge in [0.2, 0.25) is 15.9 Å². The van der Waals surface area contributed by atoms with Crippen molar-refractivity contribution in [3.05, 3.63) is 18.2 Å². The summed E-state index contributed by atoms with van der Waals surface area (Å²) in [6.07, 6.45) is -6.36. The van der Waals surface area contributed by atoms with E-state index >= 15 is 0 Å². The number of hydrogen-bond acceptors (Lipinski definition) is 6. The second-order valence-corrected chi connectivity index (χ2v) is 8.13. The van der Waals surface area contributed by atoms with E-state index in [4.69, 9.17) is 4.74 Å². The van der Waals surface area contributed by atoms with Crippen LogP contribution in [0.1, 0.15) is 13.3 Å². The molecule has 1 aliphatic rings. The number of halogens is 3. The smallest absolute Gasteiger partial charge is 0.417 e. The third-order valence-corrected chi connectivity index (χ3v) is 5.86. The molecule has 0 saturated carbocycles. The normalized spacial score (nSPS) is 18.7. The van der Waals surface area contributed by atoms with E-state index in [0.717, 1.165) is 22.5 Å². The summed E-state index contributed by atoms with van der Waals surface area (Å²) < 4.78 is 69.4. The van der Waals surface area contributed by atoms with Crippen molar-refractivity contribution in [2.24, 2.45) is 0 Å². The van der Waals surface area contributed by atoms with E-state index in [0.29, 0.717) is 6.92 Å². The number of aromatic hydroxyl groups is 1. The number of aliphatic hydroxyl groups is 1. The number of benzene rings is 1. The van der Waals surface area contributed by atoms with Gasteiger partial charge in [0.25, 0.3) is 0 Å². The zero-order valence-electron chi connectivity index (χ0n) is 14.3. The molecular weight excluding hydrogens is 393 g/mol. The van der Waals surface area contributed by atoms with Crippen molar-refractivity contribution in [1.82, 2.24) is 4.31 Å². The molecule has 1 saturated heterocycles. The Balaban J connectivity index is 2.21. The molecule has 1 fully saturated rings. The summed E-state index contributed by atoms with van der Waals surface area (Å²) in [5.74, 6) is -1.77. The van der Waals surface area contributed by atoms with E-state index in [1.54, 1.807) is 0 Å². The quantitative estimate of drug-likeness (QED) is 0.623. The average Bonchev–Trinajstić information content (AvgIpc) is 2.56. The van der Waals surface area contributed by atoms with Crippen molar-refractivity contribution >= 4 is 21.6 Å². The molecule has 1 heterocycles. The van der Waals surface area contributed by atoms with Crippen LogP contribution in [-0.4, -0.2) is 66.9 Å². The van der Waals surface area contributed by atoms with Gasteiger partial charge in [-0.1, -0.05) is 0 Å². The van der Waals surface area contributed by atoms with Crippen molar-refractivity contribution in [2.45, 2.75) is 30.0 Å². The Morgan fingerprint density at radius 1 is 1.30 bits per heavy atom. The number of nitrogens with zero attached hydrogens (tertiary/aromatic N) is 1. The lowest BCUT2D eigenvalue weighted by Crippen LogP contribution is -2.44. The largest absolute Gasteiger partial charge is 0.506 e. The molecule has 27 heavy (non-hydrogen) atoms. The Hall–Kier alpha value is -1.89. The maximum atomic E-state index is 12.7. The number of sulfonamides is 1. The molecule has 8 nitrogen and oxygen atoms in total. The van der Waals surface area contributed by atoms with Crippen LogP contribution in [0.25, 0.3) is 0 Å². The first-order valence-electron chi connectivity index (χ1n) is 7.84. The monoisotopic (exact) mass is 412 g/mol. The maximum Gasteiger partial charge on any atom is 0.417 e. The number of carbonyl (C=O) groups is 1. The minimum absolute atomic E-state index is 0.124. The average molecular weight is 412 g/mol. The van der Waals surface area contributed by atoms with Gasteiger partial charge in [-0.3, -0.25) is 4.79 Å². The van der Waals surface area contributed by atoms with E-state index in [1.807, 2.05) is 5.32 Å². The molecule has 0 unspecified atom stereocenters. The third-order valence-electron chi connectivity index (χ3n) is 3.97. The Morgan fingerprint density at radius 3 is 2.44 bits per heavy atom. The molecule has 0 spiro atoms. The lowest BCUT2D eigenvalue weighted by molar-refractivity contribution is -0.252. The fourth-order valence-electron chi connectivity index (χ4n) is 2.32. The van der Waals surface area contributed by atoms with Gasteiger partial charge < -0.3 is 20.3 Å². The van der Waals surface area contributed by atoms with Gasteiger partial charge in [0, 0.05) is 13.1 Å². The zero-order valence-corrected chi connectivity index (χ0v) is 15.1. The van der Waals surface area contributed by atoms with Gasteiger partial charge in [-0.15, -0.1) is 0 Å². The van der Waals surface area contributed by atoms with Crippen LogP contribution in [0.2, 0.25) is 0 Å². The highest BCUT2D eigenvalue weighted by Gasteiger charge is 2.51. The van der Waals surface area contributed by atoms with E-state index in [2.05, 4.69) is 0 Å². The van der Waals surface area contributed by atoms with Crippen LogP contribution in [0.15, 0.2) is 23.1 Å². The van der Waals surface area contributed by atoms with Gasteiger partial charge in [-0.25, -0.2) is 8.42 Å². The lowest BCUT2D eigenvalue weighted by Gasteiger charge is -2.26. The number of rotatable bonds is 5. The molecule has 152 valence electrons. The van der Waals surface area contributed by atoms with E-state index in [1.165, 1.54) is 0 Å². The Bertz CT molecular complexity index is 804. The molecule has 1 aromatic rings. The van der Waals surface area contributed by atoms with Crippen LogP contribution in [0.5, 0.6) is 5.75 Å². The standard InChI is InChI=1S/C15H19F3N2O6S/c1-14(23,15(16,17)18)9-13(22)19-11-8-10(2-3-12(11)21)27(24,25)20-4-6-26-7-5-20/h2-3,8,21,23H,4-7,9H2,1H3,(H,19,22)/t14-/m0/s1. The van der Waals surface area contributed by atoms with Crippen molar-refractivity contribution in [3.8, 4) is 5.75 Å². The van der Waals surface area contributed by atoms with E-state index < -0.39 is 39.9 Å². The van der Waals surface area contributed by atoms with Crippen LogP contribution < -0.4 is 5.32 Å². The molecule has 1 atom stereocenters. The lowest BCUT2D eigenvalue weighted by atomic mass is 10.0. The molecule has 0 bridgehead atoms. The molecule has 0 aliphatic carbocycles. The highest BCUT2D eigenvalue weighted by atomic mass is 32.2. The third kappa shape index (κ3) is 4.89. The SMILES string of the molecule is C[C@](O)(CC(=O)Nc1cc(S(=O)(=O)N2CCOCC2)ccc1O)C(F)(F)F. The topological polar surface area (TPSA) is 116 Å². The summed E-state index contributed by atoms with van der Waals surface area (Å²) >= 11 is 0. The first-order valence-corrected chi connectivity index (χ1v) is 9.28. The number of alkyl halides is 3. The molecule has 12 heteroatoms. The molecule has 0 aromatic heterocycles. The van der Waals surface area contributed by atoms with Crippen molar-refractivity contribution in [2.75, 3.05) is 31.6 Å². The van der Waals surface area contributed by atoms with Gasteiger partial charge in [0.15, 0.2) is 5.60 Å². The van der Waals surface area contributed by atoms with Gasteiger partial charge in [0.1, 0.15) is 5.75 Å². The maximum absolute atomic E-state index is 12.7. The van der Waals surface area contributed by atoms with E-state index in [-0.39, 0.29) is 36.9 Å². The molecule has 3 N–H and O–H groups in total. The number of morpholine rings is 1. The number of carbonyl (C=O) groups excluding carboxylic acids is 1. The predicted molar refractivity (Wildman–Crippen MR) is 87.6 cm³/mol. The Morgan fingerprint density at radius 2 is 1.89 bits per heavy atom. The molecule has 1 aliphatic heterocycles. The second-order valence-electron chi connectivity index (χ2n) is 6.19. The molecule has 0 radical (unpaired) electrons. The fourth-order valence-corrected chi connectivity index (χ4v) is 3.75. The molecule has 2 rings (SSSR count). The Kier molecular flexibility index (Phi) is 6.04. The fraction of sp³-hybridized carbons (Fsp3) is 0.533. The van der Waals surface area contributed by atoms with E-state index in [9.17, 15) is 36.6 Å². The van der Waals surface area contributed by atoms with Gasteiger partial charge in [-0.2, -0.15) is 17.5 Å². The zero-order chi connectivity index (χ0) is 20.5. The number of nitrogens with one attached hydrogen (secondary N) is 1. The molecular formula is C15H19F3N2O6S. The molecule has 1 aromatic carbocycles. The van der Waals surface area contributed by atoms with Gasteiger partial charge in [-0.05, 0) is 25.1 Å². The summed E-state index contributed by atoms with van der Waals surface area (Å²) in [4.78, 5) is 11.6. The number of hydrogen-bond donors (Lipinski definition) is 3. The number of phenolic OH excluding ortho intramolecular Hbond substituents is 1.